The highest BCUT2D eigenvalue weighted by Crippen LogP contribution is 2.35. The first-order valence-electron chi connectivity index (χ1n) is 18.2. The molecule has 2 amide bonds. The molecule has 1 heterocycles. The Labute approximate surface area is 316 Å². The maximum Gasteiger partial charge on any atom is 0.258 e. The van der Waals surface area contributed by atoms with Crippen molar-refractivity contribution in [3.05, 3.63) is 113 Å². The van der Waals surface area contributed by atoms with Crippen molar-refractivity contribution in [2.75, 3.05) is 70.0 Å². The number of nitrogens with zero attached hydrogens (tertiary/aromatic N) is 3. The van der Waals surface area contributed by atoms with E-state index in [1.165, 1.54) is 24.3 Å². The van der Waals surface area contributed by atoms with E-state index in [0.29, 0.717) is 53.1 Å². The van der Waals surface area contributed by atoms with E-state index >= 15 is 0 Å². The quantitative estimate of drug-likeness (QED) is 0.131. The second kappa shape index (κ2) is 18.4. The Morgan fingerprint density at radius 3 is 2.40 bits per heavy atom. The summed E-state index contributed by atoms with van der Waals surface area (Å²) in [7, 11) is 3.15. The summed E-state index contributed by atoms with van der Waals surface area (Å²) in [5.41, 5.74) is 2.62. The maximum absolute atomic E-state index is 14.3. The Morgan fingerprint density at radius 2 is 1.64 bits per heavy atom. The number of morpholine rings is 1. The van der Waals surface area contributed by atoms with Crippen LogP contribution >= 0.6 is 11.6 Å². The van der Waals surface area contributed by atoms with Gasteiger partial charge in [-0.25, -0.2) is 4.39 Å². The zero-order valence-corrected chi connectivity index (χ0v) is 31.1. The molecule has 4 aromatic rings. The van der Waals surface area contributed by atoms with Gasteiger partial charge in [0, 0.05) is 60.2 Å². The van der Waals surface area contributed by atoms with Crippen molar-refractivity contribution in [3.8, 4) is 17.2 Å². The smallest absolute Gasteiger partial charge is 0.258 e. The lowest BCUT2D eigenvalue weighted by molar-refractivity contribution is -0.118. The number of carbonyl (C=O) groups is 2. The number of methoxy groups -OCH3 is 2. The summed E-state index contributed by atoms with van der Waals surface area (Å²) in [6.07, 6.45) is 3.39. The third-order valence-electron chi connectivity index (χ3n) is 9.96. The van der Waals surface area contributed by atoms with Crippen LogP contribution in [-0.4, -0.2) is 83.0 Å². The summed E-state index contributed by atoms with van der Waals surface area (Å²) >= 11 is 6.46. The fraction of sp³-hybridized carbons (Fsp3) is 0.381. The van der Waals surface area contributed by atoms with Crippen molar-refractivity contribution < 1.29 is 32.9 Å². The Morgan fingerprint density at radius 1 is 0.887 bits per heavy atom. The molecule has 0 aromatic heterocycles. The lowest BCUT2D eigenvalue weighted by Crippen LogP contribution is -2.46. The van der Waals surface area contributed by atoms with Crippen LogP contribution in [0.4, 0.5) is 15.8 Å². The first-order chi connectivity index (χ1) is 25.8. The highest BCUT2D eigenvalue weighted by Gasteiger charge is 2.33. The van der Waals surface area contributed by atoms with Gasteiger partial charge in [-0.3, -0.25) is 14.5 Å². The minimum atomic E-state index is -0.405. The number of hydrogen-bond acceptors (Lipinski definition) is 7. The van der Waals surface area contributed by atoms with Gasteiger partial charge < -0.3 is 28.7 Å². The van der Waals surface area contributed by atoms with Crippen LogP contribution in [0.1, 0.15) is 41.6 Å². The van der Waals surface area contributed by atoms with Crippen LogP contribution in [0.2, 0.25) is 5.02 Å². The Bertz CT molecular complexity index is 1840. The minimum Gasteiger partial charge on any atom is -0.493 e. The van der Waals surface area contributed by atoms with Crippen LogP contribution in [0.25, 0.3) is 0 Å². The normalized spacial score (nSPS) is 17.5. The molecular formula is C42H47ClFN3O6. The molecule has 1 saturated heterocycles. The summed E-state index contributed by atoms with van der Waals surface area (Å²) in [5, 5.41) is 0.543. The summed E-state index contributed by atoms with van der Waals surface area (Å²) in [5.74, 6) is 1.19. The van der Waals surface area contributed by atoms with Crippen LogP contribution in [0.15, 0.2) is 91.0 Å². The zero-order valence-electron chi connectivity index (χ0n) is 30.3. The molecule has 1 saturated carbocycles. The van der Waals surface area contributed by atoms with Crippen molar-refractivity contribution >= 4 is 34.8 Å². The molecule has 2 unspecified atom stereocenters. The summed E-state index contributed by atoms with van der Waals surface area (Å²) in [6, 6.07) is 26.0. The van der Waals surface area contributed by atoms with Gasteiger partial charge in [-0.1, -0.05) is 36.2 Å². The average molecular weight is 744 g/mol. The van der Waals surface area contributed by atoms with Crippen LogP contribution in [0.3, 0.4) is 0 Å². The molecule has 0 spiro atoms. The number of anilines is 2. The number of carbonyl (C=O) groups excluding carboxylic acids is 2. The number of hydrogen-bond donors (Lipinski definition) is 0. The van der Waals surface area contributed by atoms with Crippen LogP contribution in [0, 0.1) is 11.7 Å². The number of rotatable bonds is 14. The fourth-order valence-corrected chi connectivity index (χ4v) is 7.45. The zero-order chi connectivity index (χ0) is 37.2. The highest BCUT2D eigenvalue weighted by molar-refractivity contribution is 6.31. The van der Waals surface area contributed by atoms with E-state index in [0.717, 1.165) is 63.4 Å². The molecule has 0 N–H and O–H groups in total. The molecule has 2 fully saturated rings. The fourth-order valence-electron chi connectivity index (χ4n) is 7.27. The minimum absolute atomic E-state index is 0.0636. The third-order valence-corrected chi connectivity index (χ3v) is 10.2. The van der Waals surface area contributed by atoms with Gasteiger partial charge in [-0.2, -0.15) is 0 Å². The van der Waals surface area contributed by atoms with E-state index in [4.69, 9.17) is 30.5 Å². The van der Waals surface area contributed by atoms with Gasteiger partial charge in [-0.05, 0) is 97.5 Å². The molecular weight excluding hydrogens is 697 g/mol. The van der Waals surface area contributed by atoms with Crippen molar-refractivity contribution in [1.82, 2.24) is 4.90 Å². The van der Waals surface area contributed by atoms with Crippen LogP contribution in [-0.2, 0) is 16.0 Å². The lowest BCUT2D eigenvalue weighted by Gasteiger charge is -2.39. The molecule has 280 valence electrons. The summed E-state index contributed by atoms with van der Waals surface area (Å²) in [6.45, 7) is 4.91. The SMILES string of the molecule is COc1ccc(CC(=O)N(c2cccc(Cl)c2)C2CCCC(CN(C(=O)c3ccc(F)cc3)c3cccc(OCCN4CCOCC4)c3)C2)cc1OC. The van der Waals surface area contributed by atoms with E-state index in [1.54, 1.807) is 31.3 Å². The predicted molar refractivity (Wildman–Crippen MR) is 205 cm³/mol. The van der Waals surface area contributed by atoms with Gasteiger partial charge >= 0.3 is 0 Å². The van der Waals surface area contributed by atoms with Crippen molar-refractivity contribution in [3.63, 3.8) is 0 Å². The highest BCUT2D eigenvalue weighted by atomic mass is 35.5. The van der Waals surface area contributed by atoms with Crippen molar-refractivity contribution in [1.29, 1.82) is 0 Å². The third kappa shape index (κ3) is 10.1. The molecule has 53 heavy (non-hydrogen) atoms. The summed E-state index contributed by atoms with van der Waals surface area (Å²) in [4.78, 5) is 34.4. The van der Waals surface area contributed by atoms with E-state index in [2.05, 4.69) is 4.90 Å². The first-order valence-corrected chi connectivity index (χ1v) is 18.6. The van der Waals surface area contributed by atoms with Crippen LogP contribution in [0.5, 0.6) is 17.2 Å². The second-order valence-corrected chi connectivity index (χ2v) is 14.0. The van der Waals surface area contributed by atoms with E-state index < -0.39 is 5.82 Å². The standard InChI is InChI=1S/C42H47ClFN3O6/c1-50-39-17-12-30(25-40(39)51-2)26-41(48)47(37-10-4-7-33(43)27-37)36-9-3-6-31(24-36)29-46(42(49)32-13-15-34(44)16-14-32)35-8-5-11-38(28-35)53-23-20-45-18-21-52-22-19-45/h4-5,7-8,10-17,25,27-28,31,36H,3,6,9,18-24,26,29H2,1-2H3. The van der Waals surface area contributed by atoms with Crippen molar-refractivity contribution in [2.24, 2.45) is 5.92 Å². The van der Waals surface area contributed by atoms with Gasteiger partial charge in [0.25, 0.3) is 5.91 Å². The van der Waals surface area contributed by atoms with Gasteiger partial charge in [0.05, 0.1) is 33.9 Å². The number of ether oxygens (including phenoxy) is 4. The molecule has 1 aliphatic heterocycles. The Hall–Kier alpha value is -4.64. The van der Waals surface area contributed by atoms with E-state index in [1.807, 2.05) is 59.5 Å². The monoisotopic (exact) mass is 743 g/mol. The van der Waals surface area contributed by atoms with Gasteiger partial charge in [0.1, 0.15) is 18.2 Å². The summed E-state index contributed by atoms with van der Waals surface area (Å²) < 4.78 is 36.4. The first kappa shape index (κ1) is 38.1. The largest absolute Gasteiger partial charge is 0.493 e. The van der Waals surface area contributed by atoms with Crippen molar-refractivity contribution in [2.45, 2.75) is 38.1 Å². The number of benzene rings is 4. The van der Waals surface area contributed by atoms with Crippen LogP contribution < -0.4 is 24.0 Å². The Kier molecular flexibility index (Phi) is 13.2. The molecule has 4 aromatic carbocycles. The molecule has 2 atom stereocenters. The van der Waals surface area contributed by atoms with Gasteiger partial charge in [-0.15, -0.1) is 0 Å². The van der Waals surface area contributed by atoms with Gasteiger partial charge in [0.2, 0.25) is 5.91 Å². The van der Waals surface area contributed by atoms with E-state index in [-0.39, 0.29) is 30.2 Å². The molecule has 0 radical (unpaired) electrons. The maximum atomic E-state index is 14.3. The molecule has 9 nitrogen and oxygen atoms in total. The Balaban J connectivity index is 1.23. The molecule has 0 bridgehead atoms. The second-order valence-electron chi connectivity index (χ2n) is 13.5. The number of amides is 2. The molecule has 6 rings (SSSR count). The lowest BCUT2D eigenvalue weighted by atomic mass is 9.83. The van der Waals surface area contributed by atoms with E-state index in [9.17, 15) is 14.0 Å². The molecule has 2 aliphatic rings. The average Bonchev–Trinajstić information content (AvgIpc) is 3.18. The molecule has 11 heteroatoms. The number of halogens is 2. The molecule has 1 aliphatic carbocycles. The van der Waals surface area contributed by atoms with Gasteiger partial charge in [0.15, 0.2) is 11.5 Å². The topological polar surface area (TPSA) is 80.8 Å². The predicted octanol–water partition coefficient (Wildman–Crippen LogP) is 7.69.